The summed E-state index contributed by atoms with van der Waals surface area (Å²) >= 11 is 1.58. The number of anilines is 1. The number of nitrogens with one attached hydrogen (secondary N) is 1. The number of aryl methyl sites for hydroxylation is 1. The van der Waals surface area contributed by atoms with Crippen LogP contribution in [0.4, 0.5) is 5.13 Å². The van der Waals surface area contributed by atoms with E-state index in [0.29, 0.717) is 12.3 Å². The molecule has 1 aromatic heterocycles. The molecule has 4 nitrogen and oxygen atoms in total. The van der Waals surface area contributed by atoms with Gasteiger partial charge in [0.2, 0.25) is 5.91 Å². The van der Waals surface area contributed by atoms with E-state index in [9.17, 15) is 4.79 Å². The van der Waals surface area contributed by atoms with Gasteiger partial charge in [-0.2, -0.15) is 0 Å². The highest BCUT2D eigenvalue weighted by molar-refractivity contribution is 7.15. The van der Waals surface area contributed by atoms with Crippen molar-refractivity contribution in [2.24, 2.45) is 17.1 Å². The molecule has 0 radical (unpaired) electrons. The normalized spacial score (nSPS) is 20.4. The molecule has 112 valence electrons. The first kappa shape index (κ1) is 15.4. The van der Waals surface area contributed by atoms with Gasteiger partial charge in [0, 0.05) is 17.3 Å². The minimum Gasteiger partial charge on any atom is -0.327 e. The van der Waals surface area contributed by atoms with E-state index in [4.69, 9.17) is 5.73 Å². The average molecular weight is 295 g/mol. The van der Waals surface area contributed by atoms with Gasteiger partial charge < -0.3 is 11.1 Å². The van der Waals surface area contributed by atoms with E-state index < -0.39 is 0 Å². The summed E-state index contributed by atoms with van der Waals surface area (Å²) in [6.45, 7) is 8.60. The van der Waals surface area contributed by atoms with E-state index in [1.807, 2.05) is 0 Å². The molecule has 1 aromatic rings. The van der Waals surface area contributed by atoms with Crippen molar-refractivity contribution in [2.75, 3.05) is 5.32 Å². The molecule has 20 heavy (non-hydrogen) atoms. The molecule has 0 saturated carbocycles. The molecule has 0 aromatic carbocycles. The maximum absolute atomic E-state index is 12.1. The first-order chi connectivity index (χ1) is 9.25. The minimum absolute atomic E-state index is 0.0582. The van der Waals surface area contributed by atoms with Crippen molar-refractivity contribution < 1.29 is 4.79 Å². The van der Waals surface area contributed by atoms with Crippen LogP contribution in [-0.2, 0) is 17.6 Å². The molecule has 0 spiro atoms. The van der Waals surface area contributed by atoms with Gasteiger partial charge in [-0.25, -0.2) is 4.98 Å². The summed E-state index contributed by atoms with van der Waals surface area (Å²) in [6.07, 6.45) is 3.35. The van der Waals surface area contributed by atoms with E-state index in [0.717, 1.165) is 30.1 Å². The van der Waals surface area contributed by atoms with Crippen molar-refractivity contribution in [1.29, 1.82) is 0 Å². The number of amides is 1. The second kappa shape index (κ2) is 5.82. The largest absolute Gasteiger partial charge is 0.327 e. The summed E-state index contributed by atoms with van der Waals surface area (Å²) in [6, 6.07) is 0.243. The summed E-state index contributed by atoms with van der Waals surface area (Å²) in [5, 5.41) is 3.68. The van der Waals surface area contributed by atoms with E-state index in [1.54, 1.807) is 11.3 Å². The zero-order valence-electron chi connectivity index (χ0n) is 12.8. The molecule has 2 rings (SSSR count). The smallest absolute Gasteiger partial charge is 0.226 e. The number of carbonyl (C=O) groups is 1. The van der Waals surface area contributed by atoms with Crippen molar-refractivity contribution in [3.63, 3.8) is 0 Å². The third-order valence-corrected chi connectivity index (χ3v) is 5.23. The Labute approximate surface area is 125 Å². The van der Waals surface area contributed by atoms with Crippen LogP contribution in [0.25, 0.3) is 0 Å². The zero-order chi connectivity index (χ0) is 14.9. The van der Waals surface area contributed by atoms with Crippen LogP contribution < -0.4 is 11.1 Å². The number of thiazole rings is 1. The number of fused-ring (bicyclic) bond motifs is 1. The van der Waals surface area contributed by atoms with Gasteiger partial charge in [0.05, 0.1) is 5.69 Å². The van der Waals surface area contributed by atoms with Gasteiger partial charge in [0.15, 0.2) is 5.13 Å². The molecule has 1 unspecified atom stereocenters. The average Bonchev–Trinajstić information content (AvgIpc) is 2.68. The van der Waals surface area contributed by atoms with Gasteiger partial charge in [0.25, 0.3) is 0 Å². The number of hydrogen-bond acceptors (Lipinski definition) is 4. The van der Waals surface area contributed by atoms with E-state index in [-0.39, 0.29) is 17.4 Å². The summed E-state index contributed by atoms with van der Waals surface area (Å²) in [5.41, 5.74) is 7.23. The monoisotopic (exact) mass is 295 g/mol. The third-order valence-electron chi connectivity index (χ3n) is 4.19. The first-order valence-corrected chi connectivity index (χ1v) is 8.11. The van der Waals surface area contributed by atoms with Crippen molar-refractivity contribution in [3.8, 4) is 0 Å². The summed E-state index contributed by atoms with van der Waals surface area (Å²) in [4.78, 5) is 17.8. The van der Waals surface area contributed by atoms with Gasteiger partial charge in [-0.15, -0.1) is 11.3 Å². The Morgan fingerprint density at radius 2 is 2.25 bits per heavy atom. The molecule has 0 saturated heterocycles. The second-order valence-electron chi connectivity index (χ2n) is 6.91. The number of nitrogens with two attached hydrogens (primary N) is 1. The molecule has 2 atom stereocenters. The fraction of sp³-hybridized carbons (Fsp3) is 0.733. The number of nitrogens with zero attached hydrogens (tertiary/aromatic N) is 1. The van der Waals surface area contributed by atoms with Crippen LogP contribution in [0.1, 0.15) is 51.1 Å². The predicted octanol–water partition coefficient (Wildman–Crippen LogP) is 2.97. The number of hydrogen-bond donors (Lipinski definition) is 2. The first-order valence-electron chi connectivity index (χ1n) is 7.29. The fourth-order valence-corrected chi connectivity index (χ4v) is 3.33. The Morgan fingerprint density at radius 1 is 1.55 bits per heavy atom. The van der Waals surface area contributed by atoms with E-state index >= 15 is 0 Å². The van der Waals surface area contributed by atoms with Gasteiger partial charge in [-0.1, -0.05) is 27.7 Å². The fourth-order valence-electron chi connectivity index (χ4n) is 2.21. The second-order valence-corrected chi connectivity index (χ2v) is 7.99. The summed E-state index contributed by atoms with van der Waals surface area (Å²) < 4.78 is 0. The summed E-state index contributed by atoms with van der Waals surface area (Å²) in [5.74, 6) is 0.397. The molecule has 1 heterocycles. The van der Waals surface area contributed by atoms with Crippen LogP contribution in [-0.4, -0.2) is 16.9 Å². The van der Waals surface area contributed by atoms with Crippen LogP contribution in [0.3, 0.4) is 0 Å². The molecule has 1 amide bonds. The molecule has 0 aliphatic heterocycles. The molecule has 3 N–H and O–H groups in total. The molecule has 5 heteroatoms. The van der Waals surface area contributed by atoms with Crippen LogP contribution in [0.5, 0.6) is 0 Å². The van der Waals surface area contributed by atoms with Crippen LogP contribution in [0.15, 0.2) is 0 Å². The van der Waals surface area contributed by atoms with Crippen LogP contribution >= 0.6 is 11.3 Å². The highest BCUT2D eigenvalue weighted by Gasteiger charge is 2.24. The number of rotatable bonds is 3. The maximum Gasteiger partial charge on any atom is 0.226 e. The molecule has 1 aliphatic rings. The topological polar surface area (TPSA) is 68.0 Å². The number of carbonyl (C=O) groups excluding carboxylic acids is 1. The van der Waals surface area contributed by atoms with Crippen molar-refractivity contribution in [1.82, 2.24) is 4.98 Å². The SMILES string of the molecule is CC(CC(=O)Nc1nc2c(s1)C[C@@H](N)CC2)C(C)(C)C. The van der Waals surface area contributed by atoms with Crippen LogP contribution in [0.2, 0.25) is 0 Å². The quantitative estimate of drug-likeness (QED) is 0.901. The van der Waals surface area contributed by atoms with Crippen LogP contribution in [0, 0.1) is 11.3 Å². The molecular formula is C15H25N3OS. The van der Waals surface area contributed by atoms with E-state index in [1.165, 1.54) is 4.88 Å². The summed E-state index contributed by atoms with van der Waals surface area (Å²) in [7, 11) is 0. The van der Waals surface area contributed by atoms with Gasteiger partial charge in [-0.3, -0.25) is 4.79 Å². The van der Waals surface area contributed by atoms with Gasteiger partial charge >= 0.3 is 0 Å². The lowest BCUT2D eigenvalue weighted by Gasteiger charge is -2.26. The Bertz CT molecular complexity index is 490. The Kier molecular flexibility index (Phi) is 4.49. The standard InChI is InChI=1S/C15H25N3OS/c1-9(15(2,3)4)7-13(19)18-14-17-11-6-5-10(16)8-12(11)20-14/h9-10H,5-8,16H2,1-4H3,(H,17,18,19)/t9?,10-/m0/s1. The Morgan fingerprint density at radius 3 is 2.90 bits per heavy atom. The Balaban J connectivity index is 1.95. The minimum atomic E-state index is 0.0582. The van der Waals surface area contributed by atoms with Crippen molar-refractivity contribution in [2.45, 2.75) is 59.4 Å². The third kappa shape index (κ3) is 3.79. The maximum atomic E-state index is 12.1. The van der Waals surface area contributed by atoms with E-state index in [2.05, 4.69) is 38.0 Å². The van der Waals surface area contributed by atoms with Gasteiger partial charge in [0.1, 0.15) is 0 Å². The predicted molar refractivity (Wildman–Crippen MR) is 84.0 cm³/mol. The molecular weight excluding hydrogens is 270 g/mol. The Hall–Kier alpha value is -0.940. The highest BCUT2D eigenvalue weighted by Crippen LogP contribution is 2.31. The lowest BCUT2D eigenvalue weighted by Crippen LogP contribution is -2.27. The van der Waals surface area contributed by atoms with Gasteiger partial charge in [-0.05, 0) is 30.6 Å². The lowest BCUT2D eigenvalue weighted by molar-refractivity contribution is -0.117. The van der Waals surface area contributed by atoms with Crippen molar-refractivity contribution in [3.05, 3.63) is 10.6 Å². The zero-order valence-corrected chi connectivity index (χ0v) is 13.6. The molecule has 0 bridgehead atoms. The lowest BCUT2D eigenvalue weighted by atomic mass is 9.80. The molecule has 0 fully saturated rings. The highest BCUT2D eigenvalue weighted by atomic mass is 32.1. The molecule has 1 aliphatic carbocycles. The van der Waals surface area contributed by atoms with Crippen molar-refractivity contribution >= 4 is 22.4 Å². The number of aromatic nitrogens is 1.